The molecule has 1 unspecified atom stereocenters. The summed E-state index contributed by atoms with van der Waals surface area (Å²) < 4.78 is 54.7. The van der Waals surface area contributed by atoms with E-state index in [4.69, 9.17) is 0 Å². The highest BCUT2D eigenvalue weighted by Gasteiger charge is 2.71. The smallest absolute Gasteiger partial charge is 0.254 e. The van der Waals surface area contributed by atoms with Crippen LogP contribution in [0.5, 0.6) is 0 Å². The van der Waals surface area contributed by atoms with Crippen molar-refractivity contribution in [2.75, 3.05) is 0 Å². The standard InChI is InChI=1S/C23H26F4N4O/c24-22(25)8-13(9-22)6-20(32)30-21(14-1-2-14)15-7-19-29-16(11-31(19)28-10-15)3-12-4-17-18(5-12)23(17,26)27/h7,10-14,17-18,21H,1-6,8-9H2,(H,30,32)/t12-,17-,18+,21?. The van der Waals surface area contributed by atoms with Crippen molar-refractivity contribution in [3.63, 3.8) is 0 Å². The number of nitrogens with one attached hydrogen (secondary N) is 1. The molecule has 0 spiro atoms. The number of nitrogens with zero attached hydrogens (tertiary/aromatic N) is 3. The normalized spacial score (nSPS) is 31.2. The first kappa shape index (κ1) is 20.4. The predicted molar refractivity (Wildman–Crippen MR) is 107 cm³/mol. The Kier molecular flexibility index (Phi) is 4.41. The monoisotopic (exact) mass is 450 g/mol. The number of carbonyl (C=O) groups excluding carboxylic acids is 1. The van der Waals surface area contributed by atoms with Gasteiger partial charge in [-0.2, -0.15) is 5.10 Å². The number of hydrogen-bond acceptors (Lipinski definition) is 3. The SMILES string of the molecule is O=C(CC1CC(F)(F)C1)NC(c1cnn2cc(C[C@@H]3C[C@@H]4[C@H](C3)C4(F)F)nc2c1)C1CC1. The predicted octanol–water partition coefficient (Wildman–Crippen LogP) is 4.57. The summed E-state index contributed by atoms with van der Waals surface area (Å²) in [6, 6.07) is 1.72. The molecule has 0 aromatic carbocycles. The quantitative estimate of drug-likeness (QED) is 0.629. The summed E-state index contributed by atoms with van der Waals surface area (Å²) in [6.45, 7) is 0. The number of aromatic nitrogens is 3. The fourth-order valence-electron chi connectivity index (χ4n) is 5.92. The zero-order valence-corrected chi connectivity index (χ0v) is 17.6. The molecule has 4 aliphatic carbocycles. The van der Waals surface area contributed by atoms with E-state index in [-0.39, 0.29) is 43.0 Å². The Morgan fingerprint density at radius 2 is 1.88 bits per heavy atom. The summed E-state index contributed by atoms with van der Waals surface area (Å²) in [5.41, 5.74) is 2.39. The van der Waals surface area contributed by atoms with E-state index in [0.29, 0.717) is 30.8 Å². The van der Waals surface area contributed by atoms with Gasteiger partial charge in [0.15, 0.2) is 5.65 Å². The molecule has 2 aromatic rings. The van der Waals surface area contributed by atoms with E-state index < -0.39 is 23.7 Å². The number of amides is 1. The van der Waals surface area contributed by atoms with Crippen LogP contribution in [0.15, 0.2) is 18.5 Å². The molecular weight excluding hydrogens is 424 g/mol. The van der Waals surface area contributed by atoms with Crippen LogP contribution in [0.2, 0.25) is 0 Å². The summed E-state index contributed by atoms with van der Waals surface area (Å²) in [5, 5.41) is 7.49. The van der Waals surface area contributed by atoms with E-state index in [1.807, 2.05) is 12.3 Å². The Balaban J connectivity index is 1.12. The minimum Gasteiger partial charge on any atom is -0.349 e. The number of carbonyl (C=O) groups is 1. The van der Waals surface area contributed by atoms with Gasteiger partial charge in [-0.25, -0.2) is 27.1 Å². The molecule has 2 heterocycles. The molecule has 4 atom stereocenters. The number of hydrogen-bond donors (Lipinski definition) is 1. The third-order valence-corrected chi connectivity index (χ3v) is 7.85. The van der Waals surface area contributed by atoms with Crippen LogP contribution in [-0.4, -0.2) is 32.4 Å². The molecule has 2 aromatic heterocycles. The lowest BCUT2D eigenvalue weighted by Crippen LogP contribution is -2.39. The Bertz CT molecular complexity index is 1040. The van der Waals surface area contributed by atoms with Gasteiger partial charge in [0.1, 0.15) is 0 Å². The first-order chi connectivity index (χ1) is 15.2. The molecule has 1 N–H and O–H groups in total. The zero-order valence-electron chi connectivity index (χ0n) is 17.6. The summed E-state index contributed by atoms with van der Waals surface area (Å²) in [4.78, 5) is 17.1. The van der Waals surface area contributed by atoms with E-state index >= 15 is 0 Å². The van der Waals surface area contributed by atoms with Crippen LogP contribution in [0.3, 0.4) is 0 Å². The lowest BCUT2D eigenvalue weighted by atomic mass is 9.79. The van der Waals surface area contributed by atoms with Gasteiger partial charge in [0, 0.05) is 31.1 Å². The van der Waals surface area contributed by atoms with Crippen LogP contribution < -0.4 is 5.32 Å². The maximum absolute atomic E-state index is 13.4. The maximum atomic E-state index is 13.4. The number of alkyl halides is 4. The van der Waals surface area contributed by atoms with Crippen molar-refractivity contribution in [3.05, 3.63) is 29.7 Å². The molecule has 0 radical (unpaired) electrons. The minimum absolute atomic E-state index is 0.129. The van der Waals surface area contributed by atoms with Gasteiger partial charge in [0.05, 0.1) is 24.1 Å². The third kappa shape index (κ3) is 3.67. The number of halogens is 4. The van der Waals surface area contributed by atoms with Gasteiger partial charge in [-0.05, 0) is 61.5 Å². The van der Waals surface area contributed by atoms with Gasteiger partial charge in [0.25, 0.3) is 5.92 Å². The van der Waals surface area contributed by atoms with Crippen LogP contribution in [0.1, 0.15) is 62.2 Å². The van der Waals surface area contributed by atoms with Crippen molar-refractivity contribution in [3.8, 4) is 0 Å². The van der Waals surface area contributed by atoms with E-state index in [0.717, 1.165) is 24.1 Å². The molecule has 0 saturated heterocycles. The van der Waals surface area contributed by atoms with E-state index in [1.54, 1.807) is 10.7 Å². The van der Waals surface area contributed by atoms with Crippen molar-refractivity contribution >= 4 is 11.6 Å². The van der Waals surface area contributed by atoms with E-state index in [9.17, 15) is 22.4 Å². The molecule has 0 aliphatic heterocycles. The van der Waals surface area contributed by atoms with Gasteiger partial charge >= 0.3 is 0 Å². The molecule has 4 saturated carbocycles. The van der Waals surface area contributed by atoms with Gasteiger partial charge in [-0.1, -0.05) is 0 Å². The number of fused-ring (bicyclic) bond motifs is 2. The van der Waals surface area contributed by atoms with Crippen LogP contribution in [0.25, 0.3) is 5.65 Å². The van der Waals surface area contributed by atoms with Crippen molar-refractivity contribution in [1.29, 1.82) is 0 Å². The molecule has 4 fully saturated rings. The van der Waals surface area contributed by atoms with Crippen molar-refractivity contribution < 1.29 is 22.4 Å². The van der Waals surface area contributed by atoms with Gasteiger partial charge in [0.2, 0.25) is 11.8 Å². The summed E-state index contributed by atoms with van der Waals surface area (Å²) in [7, 11) is 0. The van der Waals surface area contributed by atoms with Crippen molar-refractivity contribution in [2.45, 2.75) is 69.3 Å². The summed E-state index contributed by atoms with van der Waals surface area (Å²) in [5.74, 6) is -5.82. The fraction of sp³-hybridized carbons (Fsp3) is 0.696. The zero-order chi connectivity index (χ0) is 22.3. The second-order valence-corrected chi connectivity index (χ2v) is 10.5. The first-order valence-corrected chi connectivity index (χ1v) is 11.6. The van der Waals surface area contributed by atoms with Gasteiger partial charge in [-0.3, -0.25) is 4.79 Å². The summed E-state index contributed by atoms with van der Waals surface area (Å²) in [6.07, 6.45) is 7.10. The van der Waals surface area contributed by atoms with E-state index in [1.165, 1.54) is 0 Å². The molecule has 32 heavy (non-hydrogen) atoms. The Hall–Kier alpha value is -2.19. The molecule has 1 amide bonds. The number of imidazole rings is 1. The topological polar surface area (TPSA) is 59.3 Å². The molecular formula is C23H26F4N4O. The minimum atomic E-state index is -2.62. The molecule has 4 aliphatic rings. The van der Waals surface area contributed by atoms with Crippen molar-refractivity contribution in [2.24, 2.45) is 29.6 Å². The number of rotatable bonds is 7. The average molecular weight is 450 g/mol. The maximum Gasteiger partial charge on any atom is 0.254 e. The molecule has 0 bridgehead atoms. The largest absolute Gasteiger partial charge is 0.349 e. The Labute approximate surface area is 183 Å². The second-order valence-electron chi connectivity index (χ2n) is 10.5. The highest BCUT2D eigenvalue weighted by Crippen LogP contribution is 2.66. The summed E-state index contributed by atoms with van der Waals surface area (Å²) >= 11 is 0. The van der Waals surface area contributed by atoms with Crippen LogP contribution in [0.4, 0.5) is 17.6 Å². The molecule has 6 rings (SSSR count). The van der Waals surface area contributed by atoms with Gasteiger partial charge in [-0.15, -0.1) is 0 Å². The Morgan fingerprint density at radius 1 is 1.16 bits per heavy atom. The molecule has 5 nitrogen and oxygen atoms in total. The van der Waals surface area contributed by atoms with Crippen molar-refractivity contribution in [1.82, 2.24) is 19.9 Å². The lowest BCUT2D eigenvalue weighted by molar-refractivity contribution is -0.134. The van der Waals surface area contributed by atoms with Crippen LogP contribution in [-0.2, 0) is 11.2 Å². The van der Waals surface area contributed by atoms with Gasteiger partial charge < -0.3 is 5.32 Å². The lowest BCUT2D eigenvalue weighted by Gasteiger charge is -2.34. The Morgan fingerprint density at radius 3 is 2.53 bits per heavy atom. The molecule has 172 valence electrons. The average Bonchev–Trinajstić information content (AvgIpc) is 3.47. The second kappa shape index (κ2) is 6.90. The molecule has 9 heteroatoms. The van der Waals surface area contributed by atoms with E-state index in [2.05, 4.69) is 15.4 Å². The fourth-order valence-corrected chi connectivity index (χ4v) is 5.92. The van der Waals surface area contributed by atoms with Crippen LogP contribution in [0, 0.1) is 29.6 Å². The third-order valence-electron chi connectivity index (χ3n) is 7.85. The van der Waals surface area contributed by atoms with Crippen LogP contribution >= 0.6 is 0 Å². The highest BCUT2D eigenvalue weighted by atomic mass is 19.3. The first-order valence-electron chi connectivity index (χ1n) is 11.6. The highest BCUT2D eigenvalue weighted by molar-refractivity contribution is 5.77.